The summed E-state index contributed by atoms with van der Waals surface area (Å²) in [7, 11) is 1.97. The quantitative estimate of drug-likeness (QED) is 0.760. The van der Waals surface area contributed by atoms with Crippen molar-refractivity contribution in [1.82, 2.24) is 10.2 Å². The van der Waals surface area contributed by atoms with Gasteiger partial charge in [-0.05, 0) is 44.7 Å². The van der Waals surface area contributed by atoms with E-state index in [2.05, 4.69) is 12.2 Å². The molecule has 0 spiro atoms. The van der Waals surface area contributed by atoms with Gasteiger partial charge in [-0.1, -0.05) is 6.92 Å². The molecule has 1 aliphatic carbocycles. The zero-order valence-electron chi connectivity index (χ0n) is 9.88. The summed E-state index contributed by atoms with van der Waals surface area (Å²) in [5.41, 5.74) is -0.102. The second kappa shape index (κ2) is 4.12. The van der Waals surface area contributed by atoms with Crippen LogP contribution in [0.4, 0.5) is 0 Å². The predicted octanol–water partition coefficient (Wildman–Crippen LogP) is 1.24. The minimum atomic E-state index is -0.102. The average Bonchev–Trinajstić information content (AvgIpc) is 3.01. The first-order valence-electron chi connectivity index (χ1n) is 6.08. The highest BCUT2D eigenvalue weighted by molar-refractivity contribution is 5.82. The minimum absolute atomic E-state index is 0.102. The lowest BCUT2D eigenvalue weighted by atomic mass is 9.79. The van der Waals surface area contributed by atoms with E-state index in [4.69, 9.17) is 0 Å². The lowest BCUT2D eigenvalue weighted by Gasteiger charge is -2.36. The van der Waals surface area contributed by atoms with Crippen LogP contribution in [0.3, 0.4) is 0 Å². The van der Waals surface area contributed by atoms with Gasteiger partial charge < -0.3 is 10.2 Å². The lowest BCUT2D eigenvalue weighted by molar-refractivity contribution is -0.141. The van der Waals surface area contributed by atoms with E-state index in [-0.39, 0.29) is 5.41 Å². The Bertz CT molecular complexity index is 242. The fourth-order valence-corrected chi connectivity index (χ4v) is 2.42. The van der Waals surface area contributed by atoms with Crippen LogP contribution in [-0.2, 0) is 4.79 Å². The fraction of sp³-hybridized carbons (Fsp3) is 0.917. The second-order valence-corrected chi connectivity index (χ2v) is 5.44. The first kappa shape index (κ1) is 10.9. The Morgan fingerprint density at radius 2 is 2.00 bits per heavy atom. The van der Waals surface area contributed by atoms with Gasteiger partial charge in [0, 0.05) is 19.0 Å². The van der Waals surface area contributed by atoms with Gasteiger partial charge in [-0.15, -0.1) is 0 Å². The summed E-state index contributed by atoms with van der Waals surface area (Å²) >= 11 is 0. The first-order chi connectivity index (χ1) is 7.12. The molecule has 2 rings (SSSR count). The van der Waals surface area contributed by atoms with Crippen molar-refractivity contribution in [2.24, 2.45) is 11.3 Å². The van der Waals surface area contributed by atoms with Crippen LogP contribution < -0.4 is 5.32 Å². The molecule has 3 heteroatoms. The molecule has 2 fully saturated rings. The van der Waals surface area contributed by atoms with Crippen molar-refractivity contribution in [2.45, 2.75) is 32.6 Å². The molecule has 86 valence electrons. The first-order valence-corrected chi connectivity index (χ1v) is 6.08. The number of nitrogens with zero attached hydrogens (tertiary/aromatic N) is 1. The average molecular weight is 210 g/mol. The smallest absolute Gasteiger partial charge is 0.228 e. The Balaban J connectivity index is 1.91. The minimum Gasteiger partial charge on any atom is -0.345 e. The molecular formula is C12H22N2O. The van der Waals surface area contributed by atoms with Crippen LogP contribution in [0.25, 0.3) is 0 Å². The molecule has 1 saturated carbocycles. The van der Waals surface area contributed by atoms with Crippen LogP contribution >= 0.6 is 0 Å². The second-order valence-electron chi connectivity index (χ2n) is 5.44. The van der Waals surface area contributed by atoms with Crippen LogP contribution in [0.5, 0.6) is 0 Å². The highest BCUT2D eigenvalue weighted by Gasteiger charge is 2.37. The molecule has 1 saturated heterocycles. The van der Waals surface area contributed by atoms with Crippen LogP contribution in [0.15, 0.2) is 0 Å². The van der Waals surface area contributed by atoms with E-state index < -0.39 is 0 Å². The maximum Gasteiger partial charge on any atom is 0.228 e. The molecule has 1 amide bonds. The fourth-order valence-electron chi connectivity index (χ4n) is 2.42. The summed E-state index contributed by atoms with van der Waals surface area (Å²) in [5.74, 6) is 1.15. The van der Waals surface area contributed by atoms with Crippen LogP contribution in [-0.4, -0.2) is 37.5 Å². The Morgan fingerprint density at radius 1 is 1.40 bits per heavy atom. The largest absolute Gasteiger partial charge is 0.345 e. The maximum absolute atomic E-state index is 12.3. The number of nitrogens with one attached hydrogen (secondary N) is 1. The third-order valence-electron chi connectivity index (χ3n) is 3.80. The van der Waals surface area contributed by atoms with Crippen molar-refractivity contribution in [3.8, 4) is 0 Å². The third-order valence-corrected chi connectivity index (χ3v) is 3.80. The van der Waals surface area contributed by atoms with Crippen LogP contribution in [0.1, 0.15) is 32.6 Å². The molecule has 0 aromatic heterocycles. The van der Waals surface area contributed by atoms with E-state index in [9.17, 15) is 4.79 Å². The van der Waals surface area contributed by atoms with Crippen molar-refractivity contribution >= 4 is 5.91 Å². The van der Waals surface area contributed by atoms with E-state index in [1.54, 1.807) is 0 Å². The monoisotopic (exact) mass is 210 g/mol. The van der Waals surface area contributed by atoms with Crippen LogP contribution in [0, 0.1) is 11.3 Å². The molecule has 2 aliphatic rings. The summed E-state index contributed by atoms with van der Waals surface area (Å²) in [6, 6.07) is 0. The van der Waals surface area contributed by atoms with Crippen LogP contribution in [0.2, 0.25) is 0 Å². The topological polar surface area (TPSA) is 32.3 Å². The van der Waals surface area contributed by atoms with Crippen molar-refractivity contribution in [1.29, 1.82) is 0 Å². The van der Waals surface area contributed by atoms with E-state index in [0.29, 0.717) is 5.91 Å². The number of amides is 1. The third kappa shape index (κ3) is 2.51. The van der Waals surface area contributed by atoms with Gasteiger partial charge in [0.15, 0.2) is 0 Å². The van der Waals surface area contributed by atoms with Gasteiger partial charge >= 0.3 is 0 Å². The highest BCUT2D eigenvalue weighted by Crippen LogP contribution is 2.33. The molecule has 0 atom stereocenters. The van der Waals surface area contributed by atoms with Gasteiger partial charge in [0.1, 0.15) is 0 Å². The van der Waals surface area contributed by atoms with Crippen molar-refractivity contribution in [2.75, 3.05) is 26.7 Å². The zero-order chi connectivity index (χ0) is 10.9. The number of carbonyl (C=O) groups excluding carboxylic acids is 1. The molecule has 15 heavy (non-hydrogen) atoms. The summed E-state index contributed by atoms with van der Waals surface area (Å²) in [6.45, 7) is 5.07. The van der Waals surface area contributed by atoms with E-state index in [1.807, 2.05) is 11.9 Å². The molecule has 1 N–H and O–H groups in total. The number of hydrogen-bond donors (Lipinski definition) is 1. The highest BCUT2D eigenvalue weighted by atomic mass is 16.2. The molecule has 3 nitrogen and oxygen atoms in total. The van der Waals surface area contributed by atoms with Gasteiger partial charge in [-0.3, -0.25) is 4.79 Å². The number of carbonyl (C=O) groups is 1. The standard InChI is InChI=1S/C12H22N2O/c1-12(5-7-13-8-6-12)11(15)14(2)9-10-3-4-10/h10,13H,3-9H2,1-2H3. The predicted molar refractivity (Wildman–Crippen MR) is 60.6 cm³/mol. The van der Waals surface area contributed by atoms with Crippen molar-refractivity contribution in [3.63, 3.8) is 0 Å². The number of rotatable bonds is 3. The normalized spacial score (nSPS) is 24.9. The molecule has 0 unspecified atom stereocenters. The van der Waals surface area contributed by atoms with Gasteiger partial charge in [0.2, 0.25) is 5.91 Å². The SMILES string of the molecule is CN(CC1CC1)C(=O)C1(C)CCNCC1. The van der Waals surface area contributed by atoms with Gasteiger partial charge in [-0.25, -0.2) is 0 Å². The molecule has 0 bridgehead atoms. The molecule has 1 heterocycles. The summed E-state index contributed by atoms with van der Waals surface area (Å²) in [4.78, 5) is 14.2. The molecule has 1 aliphatic heterocycles. The van der Waals surface area contributed by atoms with Gasteiger partial charge in [0.05, 0.1) is 0 Å². The lowest BCUT2D eigenvalue weighted by Crippen LogP contribution is -2.46. The number of hydrogen-bond acceptors (Lipinski definition) is 2. The Kier molecular flexibility index (Phi) is 3.01. The van der Waals surface area contributed by atoms with E-state index in [1.165, 1.54) is 12.8 Å². The maximum atomic E-state index is 12.3. The molecule has 0 radical (unpaired) electrons. The van der Waals surface area contributed by atoms with E-state index >= 15 is 0 Å². The van der Waals surface area contributed by atoms with Crippen molar-refractivity contribution in [3.05, 3.63) is 0 Å². The Morgan fingerprint density at radius 3 is 2.53 bits per heavy atom. The Hall–Kier alpha value is -0.570. The Labute approximate surface area is 92.2 Å². The summed E-state index contributed by atoms with van der Waals surface area (Å²) < 4.78 is 0. The van der Waals surface area contributed by atoms with Gasteiger partial charge in [-0.2, -0.15) is 0 Å². The molecule has 0 aromatic carbocycles. The van der Waals surface area contributed by atoms with E-state index in [0.717, 1.165) is 38.4 Å². The summed E-state index contributed by atoms with van der Waals surface area (Å²) in [6.07, 6.45) is 4.60. The summed E-state index contributed by atoms with van der Waals surface area (Å²) in [5, 5.41) is 3.32. The van der Waals surface area contributed by atoms with Crippen molar-refractivity contribution < 1.29 is 4.79 Å². The number of piperidine rings is 1. The molecular weight excluding hydrogens is 188 g/mol. The zero-order valence-corrected chi connectivity index (χ0v) is 9.88. The molecule has 0 aromatic rings. The van der Waals surface area contributed by atoms with Gasteiger partial charge in [0.25, 0.3) is 0 Å².